The van der Waals surface area contributed by atoms with Gasteiger partial charge in [-0.3, -0.25) is 4.79 Å². The first-order valence-electron chi connectivity index (χ1n) is 14.2. The molecule has 7 atom stereocenters. The SMILES string of the molecule is COCC(=O)O[C@]1(C(=O)S)CCC2[C@@H]3CCC4=CC(=Nc5ccc(F)c(CO)c5)C(=CN)C[C@]4(C)C3C(O)C[C@@]21C. The highest BCUT2D eigenvalue weighted by Crippen LogP contribution is 2.68. The van der Waals surface area contributed by atoms with Crippen LogP contribution in [0.25, 0.3) is 0 Å². The topological polar surface area (TPSA) is 131 Å². The number of aliphatic hydroxyl groups is 2. The number of rotatable bonds is 6. The third-order valence-corrected chi connectivity index (χ3v) is 10.9. The van der Waals surface area contributed by atoms with Gasteiger partial charge in [0.1, 0.15) is 12.4 Å². The Hall–Kier alpha value is -2.53. The van der Waals surface area contributed by atoms with Gasteiger partial charge < -0.3 is 25.4 Å². The van der Waals surface area contributed by atoms with Crippen LogP contribution in [0.2, 0.25) is 0 Å². The van der Waals surface area contributed by atoms with Crippen LogP contribution in [-0.2, 0) is 25.7 Å². The zero-order valence-corrected chi connectivity index (χ0v) is 24.6. The Morgan fingerprint density at radius 1 is 1.29 bits per heavy atom. The number of benzene rings is 1. The lowest BCUT2D eigenvalue weighted by Crippen LogP contribution is -2.62. The zero-order valence-electron chi connectivity index (χ0n) is 23.7. The molecule has 0 aromatic heterocycles. The fourth-order valence-electron chi connectivity index (χ4n) is 8.72. The first kappa shape index (κ1) is 29.9. The highest BCUT2D eigenvalue weighted by atomic mass is 32.1. The molecule has 10 heteroatoms. The van der Waals surface area contributed by atoms with E-state index in [0.29, 0.717) is 37.1 Å². The molecule has 4 aliphatic rings. The van der Waals surface area contributed by atoms with E-state index in [1.807, 2.05) is 13.0 Å². The predicted molar refractivity (Wildman–Crippen MR) is 155 cm³/mol. The van der Waals surface area contributed by atoms with E-state index in [9.17, 15) is 24.2 Å². The molecule has 0 bridgehead atoms. The Bertz CT molecular complexity index is 1350. The molecule has 8 nitrogen and oxygen atoms in total. The van der Waals surface area contributed by atoms with Gasteiger partial charge in [-0.15, -0.1) is 12.6 Å². The van der Waals surface area contributed by atoms with Crippen molar-refractivity contribution in [1.29, 1.82) is 0 Å². The number of aliphatic imine (C=N–C) groups is 1. The number of nitrogens with two attached hydrogens (primary N) is 1. The van der Waals surface area contributed by atoms with Crippen molar-refractivity contribution in [1.82, 2.24) is 0 Å². The molecule has 3 unspecified atom stereocenters. The monoisotopic (exact) mass is 586 g/mol. The van der Waals surface area contributed by atoms with E-state index in [1.165, 1.54) is 24.8 Å². The summed E-state index contributed by atoms with van der Waals surface area (Å²) in [5.41, 5.74) is 6.92. The minimum absolute atomic E-state index is 0.0530. The number of halogens is 1. The van der Waals surface area contributed by atoms with E-state index in [1.54, 1.807) is 12.3 Å². The van der Waals surface area contributed by atoms with Crippen LogP contribution in [0.4, 0.5) is 10.1 Å². The van der Waals surface area contributed by atoms with Crippen molar-refractivity contribution in [3.63, 3.8) is 0 Å². The summed E-state index contributed by atoms with van der Waals surface area (Å²) < 4.78 is 24.8. The minimum atomic E-state index is -1.42. The molecule has 5 rings (SSSR count). The number of fused-ring (bicyclic) bond motifs is 5. The van der Waals surface area contributed by atoms with Crippen molar-refractivity contribution >= 4 is 35.1 Å². The number of allylic oxidation sites excluding steroid dienone is 3. The van der Waals surface area contributed by atoms with Crippen LogP contribution >= 0.6 is 12.6 Å². The van der Waals surface area contributed by atoms with Gasteiger partial charge in [-0.1, -0.05) is 19.4 Å². The van der Waals surface area contributed by atoms with Crippen LogP contribution in [0.1, 0.15) is 57.9 Å². The second-order valence-corrected chi connectivity index (χ2v) is 12.9. The van der Waals surface area contributed by atoms with Gasteiger partial charge in [0.05, 0.1) is 24.1 Å². The van der Waals surface area contributed by atoms with E-state index >= 15 is 0 Å². The summed E-state index contributed by atoms with van der Waals surface area (Å²) in [5.74, 6) is -1.04. The van der Waals surface area contributed by atoms with E-state index in [0.717, 1.165) is 18.4 Å². The normalized spacial score (nSPS) is 38.2. The second kappa shape index (κ2) is 10.9. The lowest BCUT2D eigenvalue weighted by Gasteiger charge is -2.60. The smallest absolute Gasteiger partial charge is 0.333 e. The zero-order chi connectivity index (χ0) is 29.7. The number of carbonyl (C=O) groups is 2. The molecule has 0 aliphatic heterocycles. The molecule has 4 aliphatic carbocycles. The molecule has 4 N–H and O–H groups in total. The van der Waals surface area contributed by atoms with Gasteiger partial charge in [0.2, 0.25) is 5.12 Å². The van der Waals surface area contributed by atoms with E-state index in [-0.39, 0.29) is 29.9 Å². The average molecular weight is 587 g/mol. The van der Waals surface area contributed by atoms with Crippen LogP contribution in [-0.4, -0.2) is 52.4 Å². The van der Waals surface area contributed by atoms with Gasteiger partial charge >= 0.3 is 5.97 Å². The fraction of sp³-hybridized carbons (Fsp3) is 0.581. The Kier molecular flexibility index (Phi) is 8.00. The van der Waals surface area contributed by atoms with Crippen LogP contribution in [0, 0.1) is 34.4 Å². The van der Waals surface area contributed by atoms with Crippen molar-refractivity contribution < 1.29 is 33.7 Å². The summed E-state index contributed by atoms with van der Waals surface area (Å²) in [6.45, 7) is 3.46. The van der Waals surface area contributed by atoms with Gasteiger partial charge in [-0.25, -0.2) is 14.2 Å². The highest BCUT2D eigenvalue weighted by Gasteiger charge is 2.70. The number of carbonyl (C=O) groups excluding carboxylic acids is 2. The summed E-state index contributed by atoms with van der Waals surface area (Å²) in [5, 5.41) is 20.8. The quantitative estimate of drug-likeness (QED) is 0.291. The summed E-state index contributed by atoms with van der Waals surface area (Å²) in [6, 6.07) is 4.39. The Morgan fingerprint density at radius 2 is 2.05 bits per heavy atom. The van der Waals surface area contributed by atoms with Gasteiger partial charge in [0.25, 0.3) is 0 Å². The fourth-order valence-corrected chi connectivity index (χ4v) is 9.13. The largest absolute Gasteiger partial charge is 0.448 e. The van der Waals surface area contributed by atoms with Crippen molar-refractivity contribution in [2.24, 2.45) is 39.3 Å². The van der Waals surface area contributed by atoms with Gasteiger partial charge in [-0.2, -0.15) is 0 Å². The molecule has 222 valence electrons. The van der Waals surface area contributed by atoms with Crippen molar-refractivity contribution in [2.75, 3.05) is 13.7 Å². The van der Waals surface area contributed by atoms with Crippen molar-refractivity contribution in [3.8, 4) is 0 Å². The number of ether oxygens (including phenoxy) is 2. The number of hydrogen-bond acceptors (Lipinski definition) is 8. The molecule has 0 heterocycles. The number of esters is 1. The number of thiol groups is 1. The van der Waals surface area contributed by atoms with Gasteiger partial charge in [0, 0.05) is 18.1 Å². The van der Waals surface area contributed by atoms with Gasteiger partial charge in [0.15, 0.2) is 5.60 Å². The molecule has 0 radical (unpaired) electrons. The second-order valence-electron chi connectivity index (χ2n) is 12.5. The molecular formula is C31H39FN2O6S. The van der Waals surface area contributed by atoms with Crippen LogP contribution in [0.5, 0.6) is 0 Å². The number of methoxy groups -OCH3 is 1. The number of hydrogen-bond donors (Lipinski definition) is 4. The maximum atomic E-state index is 13.9. The molecule has 1 aromatic carbocycles. The molecular weight excluding hydrogens is 547 g/mol. The molecule has 1 aromatic rings. The summed E-state index contributed by atoms with van der Waals surface area (Å²) in [6.07, 6.45) is 6.37. The molecule has 3 fully saturated rings. The van der Waals surface area contributed by atoms with Crippen LogP contribution < -0.4 is 5.73 Å². The summed E-state index contributed by atoms with van der Waals surface area (Å²) >= 11 is 4.21. The average Bonchev–Trinajstić information content (AvgIpc) is 3.21. The summed E-state index contributed by atoms with van der Waals surface area (Å²) in [4.78, 5) is 30.3. The first-order chi connectivity index (χ1) is 19.4. The van der Waals surface area contributed by atoms with E-state index in [2.05, 4.69) is 19.6 Å². The molecule has 0 saturated heterocycles. The maximum Gasteiger partial charge on any atom is 0.333 e. The maximum absolute atomic E-state index is 13.9. The van der Waals surface area contributed by atoms with Crippen LogP contribution in [0.3, 0.4) is 0 Å². The van der Waals surface area contributed by atoms with Crippen molar-refractivity contribution in [2.45, 2.75) is 70.7 Å². The van der Waals surface area contributed by atoms with E-state index in [4.69, 9.17) is 20.2 Å². The van der Waals surface area contributed by atoms with Crippen LogP contribution in [0.15, 0.2) is 46.6 Å². The van der Waals surface area contributed by atoms with E-state index < -0.39 is 46.0 Å². The summed E-state index contributed by atoms with van der Waals surface area (Å²) in [7, 11) is 1.40. The lowest BCUT2D eigenvalue weighted by atomic mass is 9.45. The molecule has 41 heavy (non-hydrogen) atoms. The minimum Gasteiger partial charge on any atom is -0.448 e. The highest BCUT2D eigenvalue weighted by molar-refractivity contribution is 7.96. The third-order valence-electron chi connectivity index (χ3n) is 10.5. The van der Waals surface area contributed by atoms with Crippen molar-refractivity contribution in [3.05, 3.63) is 53.0 Å². The lowest BCUT2D eigenvalue weighted by molar-refractivity contribution is -0.198. The predicted octanol–water partition coefficient (Wildman–Crippen LogP) is 4.16. The Morgan fingerprint density at radius 3 is 2.71 bits per heavy atom. The number of aliphatic hydroxyl groups excluding tert-OH is 2. The molecule has 0 amide bonds. The third kappa shape index (κ3) is 4.67. The number of nitrogens with zero attached hydrogens (tertiary/aromatic N) is 1. The molecule has 0 spiro atoms. The Balaban J connectivity index is 1.50. The Labute approximate surface area is 245 Å². The van der Waals surface area contributed by atoms with Gasteiger partial charge in [-0.05, 0) is 97.7 Å². The first-order valence-corrected chi connectivity index (χ1v) is 14.6. The standard InChI is InChI=1S/C31H39FN2O6S/c1-29-12-18(14-33)24(34-20-5-7-23(32)17(10-20)15-35)11-19(29)4-6-21-22-8-9-31(28(38)41,40-26(37)16-39-3)30(22,2)13-25(36)27(21)29/h5,7,10-11,14,21-22,25,27,35-36H,4,6,8-9,12-13,15-16,33H2,1-3H3,(H,38,41)/t21-,22?,25?,27?,29-,30-,31-/m0/s1. The molecule has 3 saturated carbocycles.